The van der Waals surface area contributed by atoms with Crippen molar-refractivity contribution in [1.82, 2.24) is 5.32 Å². The zero-order chi connectivity index (χ0) is 57.1. The fourth-order valence-electron chi connectivity index (χ4n) is 11.2. The first kappa shape index (κ1) is 77.1. The van der Waals surface area contributed by atoms with Crippen molar-refractivity contribution >= 4 is 11.9 Å². The lowest BCUT2D eigenvalue weighted by molar-refractivity contribution is -0.143. The number of nitrogens with one attached hydrogen (secondary N) is 1. The molecule has 79 heavy (non-hydrogen) atoms. The van der Waals surface area contributed by atoms with E-state index in [1.165, 1.54) is 308 Å². The second-order valence-corrected chi connectivity index (χ2v) is 24.6. The van der Waals surface area contributed by atoms with Gasteiger partial charge >= 0.3 is 5.97 Å². The Bertz CT molecular complexity index is 1280. The predicted molar refractivity (Wildman–Crippen MR) is 347 cm³/mol. The molecule has 0 bridgehead atoms. The van der Waals surface area contributed by atoms with Gasteiger partial charge in [-0.3, -0.25) is 9.59 Å². The molecule has 6 heteroatoms. The van der Waals surface area contributed by atoms with E-state index in [2.05, 4.69) is 55.6 Å². The smallest absolute Gasteiger partial charge is 0.305 e. The van der Waals surface area contributed by atoms with Gasteiger partial charge in [-0.05, 0) is 83.5 Å². The van der Waals surface area contributed by atoms with E-state index >= 15 is 0 Å². The summed E-state index contributed by atoms with van der Waals surface area (Å²) in [6, 6.07) is -0.542. The molecule has 0 aliphatic carbocycles. The van der Waals surface area contributed by atoms with E-state index in [-0.39, 0.29) is 18.5 Å². The number of unbranched alkanes of at least 4 members (excludes halogenated alkanes) is 50. The normalized spacial score (nSPS) is 12.7. The van der Waals surface area contributed by atoms with Gasteiger partial charge in [0.25, 0.3) is 0 Å². The van der Waals surface area contributed by atoms with E-state index in [9.17, 15) is 19.8 Å². The number of aliphatic hydroxyl groups is 2. The first-order valence-electron chi connectivity index (χ1n) is 35.7. The molecule has 466 valence electrons. The predicted octanol–water partition coefficient (Wildman–Crippen LogP) is 23.1. The maximum Gasteiger partial charge on any atom is 0.305 e. The number of carbonyl (C=O) groups excluding carboxylic acids is 2. The summed E-state index contributed by atoms with van der Waals surface area (Å²) in [5, 5.41) is 23.4. The van der Waals surface area contributed by atoms with Crippen LogP contribution in [0.25, 0.3) is 0 Å². The van der Waals surface area contributed by atoms with Gasteiger partial charge in [-0.2, -0.15) is 0 Å². The number of amides is 1. The lowest BCUT2D eigenvalue weighted by atomic mass is 10.0. The fourth-order valence-corrected chi connectivity index (χ4v) is 11.2. The van der Waals surface area contributed by atoms with Gasteiger partial charge in [-0.15, -0.1) is 0 Å². The second-order valence-electron chi connectivity index (χ2n) is 24.6. The quantitative estimate of drug-likeness (QED) is 0.0320. The number of carbonyl (C=O) groups is 2. The summed E-state index contributed by atoms with van der Waals surface area (Å²) in [4.78, 5) is 24.6. The van der Waals surface area contributed by atoms with Crippen LogP contribution in [0, 0.1) is 0 Å². The minimum absolute atomic E-state index is 0.00283. The van der Waals surface area contributed by atoms with Crippen molar-refractivity contribution in [2.45, 2.75) is 405 Å². The van der Waals surface area contributed by atoms with Crippen molar-refractivity contribution in [3.05, 3.63) is 36.5 Å². The summed E-state index contributed by atoms with van der Waals surface area (Å²) in [6.45, 7) is 4.96. The van der Waals surface area contributed by atoms with E-state index in [1.54, 1.807) is 0 Å². The third-order valence-corrected chi connectivity index (χ3v) is 16.7. The largest absolute Gasteiger partial charge is 0.466 e. The highest BCUT2D eigenvalue weighted by atomic mass is 16.5. The monoisotopic (exact) mass is 1110 g/mol. The van der Waals surface area contributed by atoms with Crippen molar-refractivity contribution < 1.29 is 24.5 Å². The molecule has 0 aromatic rings. The minimum Gasteiger partial charge on any atom is -0.466 e. The van der Waals surface area contributed by atoms with E-state index in [1.807, 2.05) is 0 Å². The van der Waals surface area contributed by atoms with E-state index in [0.29, 0.717) is 25.9 Å². The highest BCUT2D eigenvalue weighted by Crippen LogP contribution is 2.19. The van der Waals surface area contributed by atoms with Gasteiger partial charge in [0.2, 0.25) is 5.91 Å². The van der Waals surface area contributed by atoms with Crippen LogP contribution in [0.15, 0.2) is 36.5 Å². The number of aliphatic hydroxyl groups excluding tert-OH is 2. The summed E-state index contributed by atoms with van der Waals surface area (Å²) in [5.41, 5.74) is 0. The molecule has 0 radical (unpaired) electrons. The first-order chi connectivity index (χ1) is 39.0. The molecule has 0 saturated carbocycles. The Morgan fingerprint density at radius 2 is 0.633 bits per heavy atom. The maximum absolute atomic E-state index is 12.5. The molecule has 0 saturated heterocycles. The van der Waals surface area contributed by atoms with Crippen molar-refractivity contribution in [2.75, 3.05) is 13.2 Å². The van der Waals surface area contributed by atoms with Gasteiger partial charge in [0.1, 0.15) is 0 Å². The summed E-state index contributed by atoms with van der Waals surface area (Å²) in [5.74, 6) is -0.0288. The number of hydrogen-bond donors (Lipinski definition) is 3. The lowest BCUT2D eigenvalue weighted by Crippen LogP contribution is -2.45. The van der Waals surface area contributed by atoms with Crippen molar-refractivity contribution in [2.24, 2.45) is 0 Å². The van der Waals surface area contributed by atoms with Gasteiger partial charge in [0.15, 0.2) is 0 Å². The molecule has 2 unspecified atom stereocenters. The molecule has 1 amide bonds. The Kier molecular flexibility index (Phi) is 66.9. The minimum atomic E-state index is -0.665. The molecule has 0 rings (SSSR count). The average molecular weight is 1110 g/mol. The SMILES string of the molecule is CCCCCC/C=C\C/C=C\CCCCCCCC(=O)OCCCCCCCCCCCCCC/C=C\CCCCCCCCCCCCCCC(=O)NC(CO)C(O)CCCCCCCCCCCCCCCCCCCC. The second kappa shape index (κ2) is 68.6. The molecular formula is C73H139NO5. The third kappa shape index (κ3) is 65.1. The fraction of sp³-hybridized carbons (Fsp3) is 0.890. The number of rotatable bonds is 67. The number of ether oxygens (including phenoxy) is 1. The number of esters is 1. The Hall–Kier alpha value is -1.92. The molecule has 3 N–H and O–H groups in total. The van der Waals surface area contributed by atoms with Crippen LogP contribution in [0.5, 0.6) is 0 Å². The summed E-state index contributed by atoms with van der Waals surface area (Å²) in [7, 11) is 0. The molecular weight excluding hydrogens is 971 g/mol. The third-order valence-electron chi connectivity index (χ3n) is 16.7. The van der Waals surface area contributed by atoms with Crippen LogP contribution >= 0.6 is 0 Å². The van der Waals surface area contributed by atoms with Crippen LogP contribution < -0.4 is 5.32 Å². The zero-order valence-electron chi connectivity index (χ0n) is 53.4. The van der Waals surface area contributed by atoms with Gasteiger partial charge in [0, 0.05) is 12.8 Å². The molecule has 0 spiro atoms. The Labute approximate surface area is 494 Å². The zero-order valence-corrected chi connectivity index (χ0v) is 53.4. The van der Waals surface area contributed by atoms with Gasteiger partial charge in [-0.25, -0.2) is 0 Å². The van der Waals surface area contributed by atoms with Crippen molar-refractivity contribution in [3.63, 3.8) is 0 Å². The van der Waals surface area contributed by atoms with Crippen LogP contribution in [-0.4, -0.2) is 47.4 Å². The molecule has 0 heterocycles. The molecule has 0 aliphatic heterocycles. The Morgan fingerprint density at radius 3 is 0.987 bits per heavy atom. The van der Waals surface area contributed by atoms with E-state index in [4.69, 9.17) is 4.74 Å². The summed E-state index contributed by atoms with van der Waals surface area (Å²) in [6.07, 6.45) is 87.6. The topological polar surface area (TPSA) is 95.9 Å². The number of hydrogen-bond acceptors (Lipinski definition) is 5. The van der Waals surface area contributed by atoms with E-state index < -0.39 is 12.1 Å². The molecule has 0 aromatic carbocycles. The highest BCUT2D eigenvalue weighted by molar-refractivity contribution is 5.76. The van der Waals surface area contributed by atoms with Crippen LogP contribution in [0.3, 0.4) is 0 Å². The lowest BCUT2D eigenvalue weighted by Gasteiger charge is -2.22. The van der Waals surface area contributed by atoms with Crippen molar-refractivity contribution in [1.29, 1.82) is 0 Å². The standard InChI is InChI=1S/C73H139NO5/c1-3-5-7-9-11-13-15-17-19-21-34-37-41-45-49-53-57-61-65-71(76)70(69-75)74-72(77)66-62-58-54-50-46-42-38-35-32-30-28-26-24-22-23-25-27-29-31-33-36-40-44-48-52-56-60-64-68-79-73(78)67-63-59-55-51-47-43-39-20-18-16-14-12-10-8-6-4-2/h14,16,20,22-23,39,70-71,75-76H,3-13,15,17-19,21,24-38,40-69H2,1-2H3,(H,74,77)/b16-14-,23-22-,39-20-. The molecule has 6 nitrogen and oxygen atoms in total. The van der Waals surface area contributed by atoms with Crippen LogP contribution in [0.2, 0.25) is 0 Å². The van der Waals surface area contributed by atoms with Gasteiger partial charge in [0.05, 0.1) is 25.4 Å². The number of allylic oxidation sites excluding steroid dienone is 6. The Balaban J connectivity index is 3.38. The first-order valence-corrected chi connectivity index (χ1v) is 35.7. The van der Waals surface area contributed by atoms with E-state index in [0.717, 1.165) is 51.4 Å². The molecule has 0 aliphatic rings. The summed E-state index contributed by atoms with van der Waals surface area (Å²) < 4.78 is 5.49. The van der Waals surface area contributed by atoms with Gasteiger partial charge < -0.3 is 20.3 Å². The maximum atomic E-state index is 12.5. The Morgan fingerprint density at radius 1 is 0.354 bits per heavy atom. The molecule has 2 atom stereocenters. The van der Waals surface area contributed by atoms with Gasteiger partial charge in [-0.1, -0.05) is 333 Å². The summed E-state index contributed by atoms with van der Waals surface area (Å²) >= 11 is 0. The van der Waals surface area contributed by atoms with Crippen molar-refractivity contribution in [3.8, 4) is 0 Å². The van der Waals surface area contributed by atoms with Crippen LogP contribution in [-0.2, 0) is 14.3 Å². The highest BCUT2D eigenvalue weighted by Gasteiger charge is 2.20. The average Bonchev–Trinajstić information content (AvgIpc) is 3.45. The van der Waals surface area contributed by atoms with Crippen LogP contribution in [0.1, 0.15) is 393 Å². The molecule has 0 aromatic heterocycles. The molecule has 0 fully saturated rings. The van der Waals surface area contributed by atoms with Crippen LogP contribution in [0.4, 0.5) is 0 Å².